The quantitative estimate of drug-likeness (QED) is 0.693. The SMILES string of the molecule is CCc1ncc(CO)cc1C. The van der Waals surface area contributed by atoms with Crippen LogP contribution in [0.2, 0.25) is 0 Å². The van der Waals surface area contributed by atoms with E-state index >= 15 is 0 Å². The summed E-state index contributed by atoms with van der Waals surface area (Å²) in [5, 5.41) is 8.79. The lowest BCUT2D eigenvalue weighted by molar-refractivity contribution is 0.281. The summed E-state index contributed by atoms with van der Waals surface area (Å²) in [5.41, 5.74) is 3.17. The minimum Gasteiger partial charge on any atom is -0.392 e. The molecule has 0 aliphatic carbocycles. The van der Waals surface area contributed by atoms with Crippen LogP contribution in [0.15, 0.2) is 12.3 Å². The molecule has 1 N–H and O–H groups in total. The zero-order valence-corrected chi connectivity index (χ0v) is 6.96. The van der Waals surface area contributed by atoms with Crippen molar-refractivity contribution in [2.45, 2.75) is 26.9 Å². The summed E-state index contributed by atoms with van der Waals surface area (Å²) in [6.45, 7) is 4.18. The number of rotatable bonds is 2. The Labute approximate surface area is 66.9 Å². The summed E-state index contributed by atoms with van der Waals surface area (Å²) < 4.78 is 0. The highest BCUT2D eigenvalue weighted by molar-refractivity contribution is 5.23. The summed E-state index contributed by atoms with van der Waals surface area (Å²) in [4.78, 5) is 4.21. The van der Waals surface area contributed by atoms with Crippen LogP contribution in [0, 0.1) is 6.92 Å². The van der Waals surface area contributed by atoms with E-state index in [0.29, 0.717) is 0 Å². The van der Waals surface area contributed by atoms with Crippen molar-refractivity contribution in [3.63, 3.8) is 0 Å². The van der Waals surface area contributed by atoms with Crippen LogP contribution in [0.5, 0.6) is 0 Å². The fourth-order valence-electron chi connectivity index (χ4n) is 1.12. The van der Waals surface area contributed by atoms with Gasteiger partial charge in [-0.15, -0.1) is 0 Å². The van der Waals surface area contributed by atoms with E-state index in [1.807, 2.05) is 13.0 Å². The Morgan fingerprint density at radius 1 is 1.55 bits per heavy atom. The highest BCUT2D eigenvalue weighted by Crippen LogP contribution is 2.07. The van der Waals surface area contributed by atoms with Crippen molar-refractivity contribution >= 4 is 0 Å². The molecule has 11 heavy (non-hydrogen) atoms. The number of pyridine rings is 1. The molecule has 0 saturated heterocycles. The second-order valence-electron chi connectivity index (χ2n) is 2.62. The second-order valence-corrected chi connectivity index (χ2v) is 2.62. The van der Waals surface area contributed by atoms with Gasteiger partial charge in [-0.25, -0.2) is 0 Å². The lowest BCUT2D eigenvalue weighted by Gasteiger charge is -2.02. The van der Waals surface area contributed by atoms with E-state index in [1.165, 1.54) is 5.56 Å². The first-order chi connectivity index (χ1) is 5.27. The van der Waals surface area contributed by atoms with Gasteiger partial charge in [-0.1, -0.05) is 13.0 Å². The first-order valence-electron chi connectivity index (χ1n) is 3.83. The third-order valence-electron chi connectivity index (χ3n) is 1.76. The lowest BCUT2D eigenvalue weighted by Crippen LogP contribution is -1.94. The zero-order valence-electron chi connectivity index (χ0n) is 6.96. The van der Waals surface area contributed by atoms with Crippen LogP contribution in [0.4, 0.5) is 0 Å². The molecule has 1 heterocycles. The molecule has 1 aromatic heterocycles. The third-order valence-corrected chi connectivity index (χ3v) is 1.76. The van der Waals surface area contributed by atoms with Crippen molar-refractivity contribution in [1.29, 1.82) is 0 Å². The van der Waals surface area contributed by atoms with Gasteiger partial charge >= 0.3 is 0 Å². The molecular formula is C9H13NO. The molecule has 0 unspecified atom stereocenters. The van der Waals surface area contributed by atoms with Crippen molar-refractivity contribution in [3.05, 3.63) is 29.1 Å². The maximum atomic E-state index is 8.79. The maximum absolute atomic E-state index is 8.79. The van der Waals surface area contributed by atoms with E-state index in [1.54, 1.807) is 6.20 Å². The molecule has 0 aromatic carbocycles. The first-order valence-corrected chi connectivity index (χ1v) is 3.83. The standard InChI is InChI=1S/C9H13NO/c1-3-9-7(2)4-8(6-11)5-10-9/h4-5,11H,3,6H2,1-2H3. The first kappa shape index (κ1) is 8.21. The predicted molar refractivity (Wildman–Crippen MR) is 44.3 cm³/mol. The molecule has 0 fully saturated rings. The van der Waals surface area contributed by atoms with Crippen LogP contribution < -0.4 is 0 Å². The molecule has 60 valence electrons. The van der Waals surface area contributed by atoms with Crippen molar-refractivity contribution in [2.24, 2.45) is 0 Å². The Balaban J connectivity index is 2.99. The van der Waals surface area contributed by atoms with E-state index in [9.17, 15) is 0 Å². The Morgan fingerprint density at radius 2 is 2.27 bits per heavy atom. The van der Waals surface area contributed by atoms with Gasteiger partial charge in [-0.05, 0) is 24.5 Å². The lowest BCUT2D eigenvalue weighted by atomic mass is 10.1. The van der Waals surface area contributed by atoms with Gasteiger partial charge in [0.25, 0.3) is 0 Å². The van der Waals surface area contributed by atoms with E-state index < -0.39 is 0 Å². The summed E-state index contributed by atoms with van der Waals surface area (Å²) in [7, 11) is 0. The molecule has 0 amide bonds. The summed E-state index contributed by atoms with van der Waals surface area (Å²) >= 11 is 0. The topological polar surface area (TPSA) is 33.1 Å². The summed E-state index contributed by atoms with van der Waals surface area (Å²) in [6, 6.07) is 1.98. The minimum absolute atomic E-state index is 0.0812. The zero-order chi connectivity index (χ0) is 8.27. The van der Waals surface area contributed by atoms with Gasteiger partial charge in [0.15, 0.2) is 0 Å². The van der Waals surface area contributed by atoms with Crippen LogP contribution in [0.1, 0.15) is 23.7 Å². The number of aryl methyl sites for hydroxylation is 2. The van der Waals surface area contributed by atoms with E-state index in [4.69, 9.17) is 5.11 Å². The normalized spacial score (nSPS) is 10.1. The predicted octanol–water partition coefficient (Wildman–Crippen LogP) is 1.44. The Kier molecular flexibility index (Phi) is 2.60. The molecule has 0 atom stereocenters. The van der Waals surface area contributed by atoms with Crippen LogP contribution in [0.25, 0.3) is 0 Å². The number of aromatic nitrogens is 1. The molecule has 0 radical (unpaired) electrons. The van der Waals surface area contributed by atoms with Gasteiger partial charge in [0, 0.05) is 11.9 Å². The van der Waals surface area contributed by atoms with Crippen molar-refractivity contribution in [1.82, 2.24) is 4.98 Å². The summed E-state index contributed by atoms with van der Waals surface area (Å²) in [6.07, 6.45) is 2.68. The monoisotopic (exact) mass is 151 g/mol. The summed E-state index contributed by atoms with van der Waals surface area (Å²) in [5.74, 6) is 0. The molecule has 0 saturated carbocycles. The maximum Gasteiger partial charge on any atom is 0.0696 e. The van der Waals surface area contributed by atoms with Crippen molar-refractivity contribution in [3.8, 4) is 0 Å². The largest absolute Gasteiger partial charge is 0.392 e. The molecule has 1 rings (SSSR count). The van der Waals surface area contributed by atoms with E-state index in [2.05, 4.69) is 11.9 Å². The van der Waals surface area contributed by atoms with Crippen molar-refractivity contribution < 1.29 is 5.11 Å². The number of nitrogens with zero attached hydrogens (tertiary/aromatic N) is 1. The highest BCUT2D eigenvalue weighted by Gasteiger charge is 1.97. The highest BCUT2D eigenvalue weighted by atomic mass is 16.3. The molecule has 0 aliphatic rings. The molecule has 0 bridgehead atoms. The van der Waals surface area contributed by atoms with Crippen molar-refractivity contribution in [2.75, 3.05) is 0 Å². The number of hydrogen-bond acceptors (Lipinski definition) is 2. The number of aliphatic hydroxyl groups is 1. The third kappa shape index (κ3) is 1.77. The Hall–Kier alpha value is -0.890. The fraction of sp³-hybridized carbons (Fsp3) is 0.444. The fourth-order valence-corrected chi connectivity index (χ4v) is 1.12. The average molecular weight is 151 g/mol. The minimum atomic E-state index is 0.0812. The molecular weight excluding hydrogens is 138 g/mol. The Morgan fingerprint density at radius 3 is 2.73 bits per heavy atom. The molecule has 2 nitrogen and oxygen atoms in total. The van der Waals surface area contributed by atoms with Crippen LogP contribution in [-0.2, 0) is 13.0 Å². The van der Waals surface area contributed by atoms with Gasteiger partial charge in [0.05, 0.1) is 6.61 Å². The number of aliphatic hydroxyl groups excluding tert-OH is 1. The van der Waals surface area contributed by atoms with Gasteiger partial charge in [-0.3, -0.25) is 4.98 Å². The van der Waals surface area contributed by atoms with Gasteiger partial charge < -0.3 is 5.11 Å². The molecule has 0 spiro atoms. The van der Waals surface area contributed by atoms with Gasteiger partial charge in [0.2, 0.25) is 0 Å². The Bertz CT molecular complexity index is 245. The molecule has 1 aromatic rings. The molecule has 2 heteroatoms. The van der Waals surface area contributed by atoms with Crippen LogP contribution in [0.3, 0.4) is 0 Å². The van der Waals surface area contributed by atoms with Gasteiger partial charge in [-0.2, -0.15) is 0 Å². The number of hydrogen-bond donors (Lipinski definition) is 1. The van der Waals surface area contributed by atoms with Gasteiger partial charge in [0.1, 0.15) is 0 Å². The van der Waals surface area contributed by atoms with E-state index in [0.717, 1.165) is 17.7 Å². The average Bonchev–Trinajstić information content (AvgIpc) is 2.04. The smallest absolute Gasteiger partial charge is 0.0696 e. The second kappa shape index (κ2) is 3.49. The van der Waals surface area contributed by atoms with Crippen LogP contribution >= 0.6 is 0 Å². The molecule has 0 aliphatic heterocycles. The van der Waals surface area contributed by atoms with E-state index in [-0.39, 0.29) is 6.61 Å². The van der Waals surface area contributed by atoms with Crippen LogP contribution in [-0.4, -0.2) is 10.1 Å².